The van der Waals surface area contributed by atoms with Crippen molar-refractivity contribution in [1.82, 2.24) is 10.3 Å². The third-order valence-electron chi connectivity index (χ3n) is 3.23. The molecule has 1 saturated heterocycles. The number of hydrogen-bond acceptors (Lipinski definition) is 4. The van der Waals surface area contributed by atoms with Gasteiger partial charge in [-0.1, -0.05) is 0 Å². The number of carboxylic acid groups (broad SMARTS) is 1. The second kappa shape index (κ2) is 5.14. The van der Waals surface area contributed by atoms with Crippen molar-refractivity contribution in [2.75, 3.05) is 25.0 Å². The van der Waals surface area contributed by atoms with Gasteiger partial charge < -0.3 is 15.3 Å². The number of aromatic carboxylic acids is 1. The largest absolute Gasteiger partial charge is 0.477 e. The standard InChI is InChI=1S/C12H17N3O2/c1-15(9-2-5-13-6-3-9)10-4-7-14-11(8-10)12(16)17/h4,7-9,13H,2-3,5-6H2,1H3,(H,16,17). The molecule has 0 spiro atoms. The normalized spacial score (nSPS) is 16.8. The van der Waals surface area contributed by atoms with Crippen molar-refractivity contribution in [3.63, 3.8) is 0 Å². The predicted octanol–water partition coefficient (Wildman–Crippen LogP) is 0.968. The van der Waals surface area contributed by atoms with Gasteiger partial charge in [0.1, 0.15) is 5.69 Å². The highest BCUT2D eigenvalue weighted by Gasteiger charge is 2.18. The first-order chi connectivity index (χ1) is 8.18. The van der Waals surface area contributed by atoms with Crippen LogP contribution in [-0.2, 0) is 0 Å². The molecule has 0 unspecified atom stereocenters. The Bertz CT molecular complexity index is 402. The van der Waals surface area contributed by atoms with Crippen LogP contribution < -0.4 is 10.2 Å². The van der Waals surface area contributed by atoms with Crippen LogP contribution in [0.25, 0.3) is 0 Å². The van der Waals surface area contributed by atoms with E-state index in [9.17, 15) is 4.79 Å². The number of carboxylic acids is 1. The Balaban J connectivity index is 2.14. The third-order valence-corrected chi connectivity index (χ3v) is 3.23. The van der Waals surface area contributed by atoms with Crippen LogP contribution in [0.2, 0.25) is 0 Å². The van der Waals surface area contributed by atoms with E-state index in [1.165, 1.54) is 0 Å². The molecule has 5 nitrogen and oxygen atoms in total. The lowest BCUT2D eigenvalue weighted by molar-refractivity contribution is 0.0690. The smallest absolute Gasteiger partial charge is 0.354 e. The summed E-state index contributed by atoms with van der Waals surface area (Å²) >= 11 is 0. The Morgan fingerprint density at radius 2 is 2.24 bits per heavy atom. The van der Waals surface area contributed by atoms with E-state index in [0.29, 0.717) is 6.04 Å². The molecule has 2 heterocycles. The quantitative estimate of drug-likeness (QED) is 0.817. The van der Waals surface area contributed by atoms with Crippen molar-refractivity contribution in [3.8, 4) is 0 Å². The van der Waals surface area contributed by atoms with Gasteiger partial charge in [-0.3, -0.25) is 0 Å². The lowest BCUT2D eigenvalue weighted by Crippen LogP contribution is -2.41. The van der Waals surface area contributed by atoms with Gasteiger partial charge in [-0.25, -0.2) is 9.78 Å². The van der Waals surface area contributed by atoms with Crippen molar-refractivity contribution in [2.45, 2.75) is 18.9 Å². The van der Waals surface area contributed by atoms with E-state index in [2.05, 4.69) is 15.2 Å². The Labute approximate surface area is 100 Å². The second-order valence-corrected chi connectivity index (χ2v) is 4.30. The van der Waals surface area contributed by atoms with E-state index in [4.69, 9.17) is 5.11 Å². The molecule has 1 aliphatic rings. The van der Waals surface area contributed by atoms with Crippen LogP contribution in [0.5, 0.6) is 0 Å². The van der Waals surface area contributed by atoms with Gasteiger partial charge in [-0.05, 0) is 38.1 Å². The first kappa shape index (κ1) is 11.9. The maximum Gasteiger partial charge on any atom is 0.354 e. The van der Waals surface area contributed by atoms with E-state index in [1.807, 2.05) is 13.1 Å². The molecule has 2 rings (SSSR count). The molecule has 2 N–H and O–H groups in total. The fourth-order valence-corrected chi connectivity index (χ4v) is 2.16. The van der Waals surface area contributed by atoms with Gasteiger partial charge in [0.05, 0.1) is 0 Å². The number of piperidine rings is 1. The highest BCUT2D eigenvalue weighted by atomic mass is 16.4. The van der Waals surface area contributed by atoms with Crippen LogP contribution in [0.4, 0.5) is 5.69 Å². The number of aromatic nitrogens is 1. The summed E-state index contributed by atoms with van der Waals surface area (Å²) in [4.78, 5) is 16.8. The molecule has 1 aromatic heterocycles. The van der Waals surface area contributed by atoms with Gasteiger partial charge in [0.2, 0.25) is 0 Å². The minimum Gasteiger partial charge on any atom is -0.477 e. The van der Waals surface area contributed by atoms with Crippen molar-refractivity contribution in [2.24, 2.45) is 0 Å². The molecule has 0 radical (unpaired) electrons. The Morgan fingerprint density at radius 3 is 2.88 bits per heavy atom. The summed E-state index contributed by atoms with van der Waals surface area (Å²) in [5.41, 5.74) is 1.02. The van der Waals surface area contributed by atoms with E-state index in [0.717, 1.165) is 31.6 Å². The Kier molecular flexibility index (Phi) is 3.58. The van der Waals surface area contributed by atoms with Crippen LogP contribution in [0, 0.1) is 0 Å². The maximum atomic E-state index is 10.9. The van der Waals surface area contributed by atoms with Gasteiger partial charge in [-0.2, -0.15) is 0 Å². The summed E-state index contributed by atoms with van der Waals surface area (Å²) < 4.78 is 0. The molecular weight excluding hydrogens is 218 g/mol. The van der Waals surface area contributed by atoms with E-state index in [1.54, 1.807) is 12.3 Å². The number of carbonyl (C=O) groups is 1. The average Bonchev–Trinajstić information content (AvgIpc) is 2.39. The monoisotopic (exact) mass is 235 g/mol. The van der Waals surface area contributed by atoms with Crippen molar-refractivity contribution in [1.29, 1.82) is 0 Å². The number of nitrogens with zero attached hydrogens (tertiary/aromatic N) is 2. The average molecular weight is 235 g/mol. The first-order valence-electron chi connectivity index (χ1n) is 5.81. The molecule has 1 fully saturated rings. The molecule has 0 bridgehead atoms. The number of rotatable bonds is 3. The first-order valence-corrected chi connectivity index (χ1v) is 5.81. The molecule has 0 aromatic carbocycles. The second-order valence-electron chi connectivity index (χ2n) is 4.30. The number of hydrogen-bond donors (Lipinski definition) is 2. The SMILES string of the molecule is CN(c1ccnc(C(=O)O)c1)C1CCNCC1. The van der Waals surface area contributed by atoms with Gasteiger partial charge in [0.25, 0.3) is 0 Å². The molecule has 0 amide bonds. The summed E-state index contributed by atoms with van der Waals surface area (Å²) in [5, 5.41) is 12.2. The fraction of sp³-hybridized carbons (Fsp3) is 0.500. The number of anilines is 1. The van der Waals surface area contributed by atoms with E-state index in [-0.39, 0.29) is 5.69 Å². The van der Waals surface area contributed by atoms with E-state index >= 15 is 0 Å². The lowest BCUT2D eigenvalue weighted by atomic mass is 10.0. The summed E-state index contributed by atoms with van der Waals surface area (Å²) in [6, 6.07) is 3.96. The van der Waals surface area contributed by atoms with Crippen LogP contribution >= 0.6 is 0 Å². The minimum absolute atomic E-state index is 0.100. The predicted molar refractivity (Wildman–Crippen MR) is 65.5 cm³/mol. The molecule has 5 heteroatoms. The highest BCUT2D eigenvalue weighted by molar-refractivity contribution is 5.86. The van der Waals surface area contributed by atoms with Gasteiger partial charge in [-0.15, -0.1) is 0 Å². The molecule has 92 valence electrons. The fourth-order valence-electron chi connectivity index (χ4n) is 2.16. The van der Waals surface area contributed by atoms with Crippen molar-refractivity contribution in [3.05, 3.63) is 24.0 Å². The van der Waals surface area contributed by atoms with E-state index < -0.39 is 5.97 Å². The van der Waals surface area contributed by atoms with Crippen molar-refractivity contribution < 1.29 is 9.90 Å². The number of nitrogens with one attached hydrogen (secondary N) is 1. The van der Waals surface area contributed by atoms with Crippen LogP contribution in [0.3, 0.4) is 0 Å². The Morgan fingerprint density at radius 1 is 1.53 bits per heavy atom. The highest BCUT2D eigenvalue weighted by Crippen LogP contribution is 2.20. The summed E-state index contributed by atoms with van der Waals surface area (Å²) in [6.45, 7) is 2.04. The zero-order chi connectivity index (χ0) is 12.3. The van der Waals surface area contributed by atoms with Crippen LogP contribution in [0.15, 0.2) is 18.3 Å². The molecule has 0 aliphatic carbocycles. The topological polar surface area (TPSA) is 65.5 Å². The summed E-state index contributed by atoms with van der Waals surface area (Å²) in [7, 11) is 2.01. The summed E-state index contributed by atoms with van der Waals surface area (Å²) in [6.07, 6.45) is 3.72. The van der Waals surface area contributed by atoms with Gasteiger partial charge >= 0.3 is 5.97 Å². The van der Waals surface area contributed by atoms with Crippen molar-refractivity contribution >= 4 is 11.7 Å². The Hall–Kier alpha value is -1.62. The van der Waals surface area contributed by atoms with Crippen LogP contribution in [0.1, 0.15) is 23.3 Å². The zero-order valence-corrected chi connectivity index (χ0v) is 9.89. The molecule has 0 atom stereocenters. The molecule has 1 aliphatic heterocycles. The molecule has 0 saturated carbocycles. The molecular formula is C12H17N3O2. The number of pyridine rings is 1. The lowest BCUT2D eigenvalue weighted by Gasteiger charge is -2.33. The molecule has 17 heavy (non-hydrogen) atoms. The molecule has 1 aromatic rings. The summed E-state index contributed by atoms with van der Waals surface area (Å²) in [5.74, 6) is -0.981. The van der Waals surface area contributed by atoms with Crippen LogP contribution in [-0.4, -0.2) is 42.2 Å². The van der Waals surface area contributed by atoms with Gasteiger partial charge in [0, 0.05) is 25.0 Å². The maximum absolute atomic E-state index is 10.9. The minimum atomic E-state index is -0.981. The van der Waals surface area contributed by atoms with Gasteiger partial charge in [0.15, 0.2) is 0 Å². The third kappa shape index (κ3) is 2.74. The zero-order valence-electron chi connectivity index (χ0n) is 9.89.